The van der Waals surface area contributed by atoms with E-state index >= 15 is 0 Å². The molecule has 1 aromatic carbocycles. The zero-order chi connectivity index (χ0) is 13.0. The summed E-state index contributed by atoms with van der Waals surface area (Å²) in [4.78, 5) is 14.2. The monoisotopic (exact) mass is 247 g/mol. The molecule has 1 atom stereocenters. The van der Waals surface area contributed by atoms with Gasteiger partial charge in [0.05, 0.1) is 7.11 Å². The predicted molar refractivity (Wildman–Crippen MR) is 72.8 cm³/mol. The second-order valence-corrected chi connectivity index (χ2v) is 4.75. The van der Waals surface area contributed by atoms with Crippen LogP contribution in [0.15, 0.2) is 24.3 Å². The minimum atomic E-state index is -0.126. The Morgan fingerprint density at radius 3 is 2.94 bits per heavy atom. The minimum absolute atomic E-state index is 0.111. The summed E-state index contributed by atoms with van der Waals surface area (Å²) < 4.78 is 4.96. The van der Waals surface area contributed by atoms with Crippen LogP contribution in [0.3, 0.4) is 0 Å². The summed E-state index contributed by atoms with van der Waals surface area (Å²) in [5, 5.41) is 0. The fourth-order valence-corrected chi connectivity index (χ4v) is 2.62. The van der Waals surface area contributed by atoms with Crippen molar-refractivity contribution in [3.05, 3.63) is 29.8 Å². The van der Waals surface area contributed by atoms with Crippen molar-refractivity contribution in [3.8, 4) is 0 Å². The Labute approximate surface area is 109 Å². The molecular formula is C15H21NO2. The molecule has 0 radical (unpaired) electrons. The number of anilines is 1. The Kier molecular flexibility index (Phi) is 4.24. The molecule has 0 spiro atoms. The van der Waals surface area contributed by atoms with Crippen molar-refractivity contribution in [1.82, 2.24) is 0 Å². The van der Waals surface area contributed by atoms with Gasteiger partial charge in [-0.05, 0) is 24.5 Å². The zero-order valence-electron chi connectivity index (χ0n) is 11.2. The first kappa shape index (κ1) is 12.9. The third kappa shape index (κ3) is 2.50. The molecule has 3 heteroatoms. The van der Waals surface area contributed by atoms with Crippen LogP contribution >= 0.6 is 0 Å². The molecule has 0 amide bonds. The van der Waals surface area contributed by atoms with Crippen LogP contribution in [0.2, 0.25) is 0 Å². The van der Waals surface area contributed by atoms with Gasteiger partial charge in [0.1, 0.15) is 6.04 Å². The van der Waals surface area contributed by atoms with Gasteiger partial charge in [-0.3, -0.25) is 0 Å². The lowest BCUT2D eigenvalue weighted by molar-refractivity contribution is -0.142. The van der Waals surface area contributed by atoms with E-state index in [0.29, 0.717) is 0 Å². The van der Waals surface area contributed by atoms with E-state index in [4.69, 9.17) is 4.74 Å². The first-order valence-corrected chi connectivity index (χ1v) is 6.70. The highest BCUT2D eigenvalue weighted by Crippen LogP contribution is 2.30. The van der Waals surface area contributed by atoms with Crippen LogP contribution in [0.1, 0.15) is 31.7 Å². The number of methoxy groups -OCH3 is 1. The van der Waals surface area contributed by atoms with E-state index in [9.17, 15) is 4.79 Å². The quantitative estimate of drug-likeness (QED) is 0.749. The summed E-state index contributed by atoms with van der Waals surface area (Å²) in [6, 6.07) is 8.21. The van der Waals surface area contributed by atoms with Gasteiger partial charge in [0.2, 0.25) is 0 Å². The number of benzene rings is 1. The van der Waals surface area contributed by atoms with Crippen molar-refractivity contribution in [2.45, 2.75) is 38.6 Å². The number of ether oxygens (including phenoxy) is 1. The van der Waals surface area contributed by atoms with Crippen LogP contribution in [-0.2, 0) is 16.0 Å². The normalized spacial score (nSPS) is 15.3. The van der Waals surface area contributed by atoms with Crippen molar-refractivity contribution < 1.29 is 9.53 Å². The molecular weight excluding hydrogens is 226 g/mol. The Bertz CT molecular complexity index is 417. The first-order valence-electron chi connectivity index (χ1n) is 6.70. The lowest BCUT2D eigenvalue weighted by Crippen LogP contribution is -2.41. The highest BCUT2D eigenvalue weighted by atomic mass is 16.5. The van der Waals surface area contributed by atoms with E-state index in [1.807, 2.05) is 6.07 Å². The molecule has 2 rings (SSSR count). The van der Waals surface area contributed by atoms with Gasteiger partial charge in [0.25, 0.3) is 0 Å². The van der Waals surface area contributed by atoms with E-state index in [1.165, 1.54) is 18.4 Å². The van der Waals surface area contributed by atoms with Crippen molar-refractivity contribution >= 4 is 11.7 Å². The molecule has 0 aromatic heterocycles. The lowest BCUT2D eigenvalue weighted by atomic mass is 10.1. The van der Waals surface area contributed by atoms with Gasteiger partial charge >= 0.3 is 5.97 Å². The Morgan fingerprint density at radius 1 is 1.44 bits per heavy atom. The number of para-hydroxylation sites is 1. The van der Waals surface area contributed by atoms with E-state index < -0.39 is 0 Å². The van der Waals surface area contributed by atoms with Crippen LogP contribution in [0.4, 0.5) is 5.69 Å². The smallest absolute Gasteiger partial charge is 0.328 e. The molecule has 1 aromatic rings. The summed E-state index contributed by atoms with van der Waals surface area (Å²) >= 11 is 0. The molecule has 0 saturated heterocycles. The maximum Gasteiger partial charge on any atom is 0.328 e. The molecule has 1 unspecified atom stereocenters. The number of fused-ring (bicyclic) bond motifs is 1. The highest BCUT2D eigenvalue weighted by Gasteiger charge is 2.30. The largest absolute Gasteiger partial charge is 0.467 e. The van der Waals surface area contributed by atoms with E-state index in [1.54, 1.807) is 0 Å². The van der Waals surface area contributed by atoms with Gasteiger partial charge in [-0.25, -0.2) is 4.79 Å². The molecule has 3 nitrogen and oxygen atoms in total. The summed E-state index contributed by atoms with van der Waals surface area (Å²) in [5.74, 6) is -0.111. The molecule has 0 saturated carbocycles. The fourth-order valence-electron chi connectivity index (χ4n) is 2.62. The van der Waals surface area contributed by atoms with Gasteiger partial charge in [0.15, 0.2) is 0 Å². The third-order valence-corrected chi connectivity index (χ3v) is 3.60. The summed E-state index contributed by atoms with van der Waals surface area (Å²) in [5.41, 5.74) is 2.53. The number of rotatable bonds is 5. The minimum Gasteiger partial charge on any atom is -0.467 e. The van der Waals surface area contributed by atoms with E-state index in [2.05, 4.69) is 30.0 Å². The Morgan fingerprint density at radius 2 is 2.22 bits per heavy atom. The number of carbonyl (C=O) groups excluding carboxylic acids is 1. The molecule has 1 aliphatic heterocycles. The average molecular weight is 247 g/mol. The summed E-state index contributed by atoms with van der Waals surface area (Å²) in [7, 11) is 1.48. The third-order valence-electron chi connectivity index (χ3n) is 3.60. The van der Waals surface area contributed by atoms with Crippen LogP contribution in [0, 0.1) is 0 Å². The first-order chi connectivity index (χ1) is 8.77. The topological polar surface area (TPSA) is 29.5 Å². The maximum atomic E-state index is 12.0. The van der Waals surface area contributed by atoms with Crippen molar-refractivity contribution in [2.75, 3.05) is 18.6 Å². The van der Waals surface area contributed by atoms with Crippen LogP contribution < -0.4 is 4.90 Å². The van der Waals surface area contributed by atoms with Gasteiger partial charge in [-0.2, -0.15) is 0 Å². The van der Waals surface area contributed by atoms with Crippen LogP contribution in [-0.4, -0.2) is 25.7 Å². The molecule has 0 N–H and O–H groups in total. The summed E-state index contributed by atoms with van der Waals surface area (Å²) in [6.45, 7) is 3.06. The Balaban J connectivity index is 2.19. The van der Waals surface area contributed by atoms with Crippen LogP contribution in [0.25, 0.3) is 0 Å². The van der Waals surface area contributed by atoms with Crippen molar-refractivity contribution in [1.29, 1.82) is 0 Å². The van der Waals surface area contributed by atoms with Gasteiger partial charge in [0, 0.05) is 12.2 Å². The molecule has 0 fully saturated rings. The molecule has 1 heterocycles. The predicted octanol–water partition coefficient (Wildman–Crippen LogP) is 2.78. The number of hydrogen-bond donors (Lipinski definition) is 0. The van der Waals surface area contributed by atoms with Crippen molar-refractivity contribution in [2.24, 2.45) is 0 Å². The number of esters is 1. The van der Waals surface area contributed by atoms with Crippen LogP contribution in [0.5, 0.6) is 0 Å². The van der Waals surface area contributed by atoms with Gasteiger partial charge < -0.3 is 9.64 Å². The number of nitrogens with zero attached hydrogens (tertiary/aromatic N) is 1. The molecule has 0 bridgehead atoms. The average Bonchev–Trinajstić information content (AvgIpc) is 2.83. The zero-order valence-corrected chi connectivity index (χ0v) is 11.2. The molecule has 1 aliphatic rings. The number of unbranched alkanes of at least 4 members (excludes halogenated alkanes) is 1. The van der Waals surface area contributed by atoms with Crippen molar-refractivity contribution in [3.63, 3.8) is 0 Å². The lowest BCUT2D eigenvalue weighted by Gasteiger charge is -2.28. The second-order valence-electron chi connectivity index (χ2n) is 4.75. The number of carbonyl (C=O) groups is 1. The van der Waals surface area contributed by atoms with Gasteiger partial charge in [-0.1, -0.05) is 38.0 Å². The summed E-state index contributed by atoms with van der Waals surface area (Å²) in [6.07, 6.45) is 4.05. The highest BCUT2D eigenvalue weighted by molar-refractivity contribution is 5.81. The maximum absolute atomic E-state index is 12.0. The standard InChI is InChI=1S/C15H21NO2/c1-3-4-8-14(15(17)18-2)16-11-10-12-7-5-6-9-13(12)16/h5-7,9,14H,3-4,8,10-11H2,1-2H3. The van der Waals surface area contributed by atoms with E-state index in [0.717, 1.165) is 32.2 Å². The fraction of sp³-hybridized carbons (Fsp3) is 0.533. The molecule has 18 heavy (non-hydrogen) atoms. The second kappa shape index (κ2) is 5.89. The van der Waals surface area contributed by atoms with E-state index in [-0.39, 0.29) is 12.0 Å². The molecule has 0 aliphatic carbocycles. The molecule has 98 valence electrons. The van der Waals surface area contributed by atoms with Gasteiger partial charge in [-0.15, -0.1) is 0 Å². The SMILES string of the molecule is CCCCC(C(=O)OC)N1CCc2ccccc21. The Hall–Kier alpha value is -1.51. The number of hydrogen-bond acceptors (Lipinski definition) is 3.